The Balaban J connectivity index is 1.53. The van der Waals surface area contributed by atoms with Gasteiger partial charge in [-0.3, -0.25) is 9.59 Å². The lowest BCUT2D eigenvalue weighted by Gasteiger charge is -2.34. The van der Waals surface area contributed by atoms with Crippen LogP contribution in [0, 0.1) is 0 Å². The third-order valence-corrected chi connectivity index (χ3v) is 4.50. The number of anilines is 2. The molecule has 0 atom stereocenters. The highest BCUT2D eigenvalue weighted by Crippen LogP contribution is 2.15. The SMILES string of the molecule is CC(=O)N1CCN(c2ccc(NC(=O)Cc3ccc(Cl)cc3)nn2)CC1. The van der Waals surface area contributed by atoms with Gasteiger partial charge in [0, 0.05) is 38.1 Å². The molecule has 1 N–H and O–H groups in total. The molecule has 0 unspecified atom stereocenters. The van der Waals surface area contributed by atoms with Crippen molar-refractivity contribution >= 4 is 35.1 Å². The van der Waals surface area contributed by atoms with Crippen LogP contribution in [0.5, 0.6) is 0 Å². The topological polar surface area (TPSA) is 78.4 Å². The Hall–Kier alpha value is -2.67. The summed E-state index contributed by atoms with van der Waals surface area (Å²) in [6.07, 6.45) is 0.244. The van der Waals surface area contributed by atoms with E-state index in [2.05, 4.69) is 20.4 Å². The predicted molar refractivity (Wildman–Crippen MR) is 100 cm³/mol. The van der Waals surface area contributed by atoms with Gasteiger partial charge >= 0.3 is 0 Å². The van der Waals surface area contributed by atoms with Gasteiger partial charge in [0.1, 0.15) is 0 Å². The maximum absolute atomic E-state index is 12.1. The normalized spacial score (nSPS) is 14.2. The van der Waals surface area contributed by atoms with E-state index in [9.17, 15) is 9.59 Å². The molecule has 0 spiro atoms. The van der Waals surface area contributed by atoms with Gasteiger partial charge in [-0.1, -0.05) is 23.7 Å². The number of carbonyl (C=O) groups excluding carboxylic acids is 2. The molecule has 3 rings (SSSR count). The van der Waals surface area contributed by atoms with Gasteiger partial charge in [0.05, 0.1) is 6.42 Å². The number of piperazine rings is 1. The smallest absolute Gasteiger partial charge is 0.229 e. The van der Waals surface area contributed by atoms with E-state index < -0.39 is 0 Å². The summed E-state index contributed by atoms with van der Waals surface area (Å²) in [4.78, 5) is 27.4. The highest BCUT2D eigenvalue weighted by molar-refractivity contribution is 6.30. The Kier molecular flexibility index (Phi) is 5.68. The molecule has 8 heteroatoms. The number of halogens is 1. The lowest BCUT2D eigenvalue weighted by molar-refractivity contribution is -0.129. The van der Waals surface area contributed by atoms with Gasteiger partial charge in [-0.2, -0.15) is 0 Å². The summed E-state index contributed by atoms with van der Waals surface area (Å²) in [6.45, 7) is 4.37. The minimum Gasteiger partial charge on any atom is -0.352 e. The third kappa shape index (κ3) is 4.70. The zero-order chi connectivity index (χ0) is 18.5. The lowest BCUT2D eigenvalue weighted by atomic mass is 10.1. The van der Waals surface area contributed by atoms with E-state index in [4.69, 9.17) is 11.6 Å². The number of hydrogen-bond acceptors (Lipinski definition) is 5. The fourth-order valence-electron chi connectivity index (χ4n) is 2.79. The van der Waals surface area contributed by atoms with Crippen molar-refractivity contribution in [3.63, 3.8) is 0 Å². The third-order valence-electron chi connectivity index (χ3n) is 4.24. The predicted octanol–water partition coefficient (Wildman–Crippen LogP) is 1.98. The molecule has 7 nitrogen and oxygen atoms in total. The minimum absolute atomic E-state index is 0.0921. The quantitative estimate of drug-likeness (QED) is 0.886. The molecule has 26 heavy (non-hydrogen) atoms. The van der Waals surface area contributed by atoms with Crippen LogP contribution in [-0.4, -0.2) is 53.1 Å². The summed E-state index contributed by atoms with van der Waals surface area (Å²) in [6, 6.07) is 10.7. The van der Waals surface area contributed by atoms with Crippen LogP contribution in [0.15, 0.2) is 36.4 Å². The van der Waals surface area contributed by atoms with Crippen LogP contribution in [0.4, 0.5) is 11.6 Å². The molecule has 1 aromatic heterocycles. The number of rotatable bonds is 4. The van der Waals surface area contributed by atoms with Crippen LogP contribution >= 0.6 is 11.6 Å². The van der Waals surface area contributed by atoms with Crippen molar-refractivity contribution in [1.29, 1.82) is 0 Å². The molecule has 1 fully saturated rings. The fourth-order valence-corrected chi connectivity index (χ4v) is 2.91. The molecule has 1 aliphatic rings. The van der Waals surface area contributed by atoms with Crippen LogP contribution in [0.1, 0.15) is 12.5 Å². The average molecular weight is 374 g/mol. The first-order valence-electron chi connectivity index (χ1n) is 8.40. The summed E-state index contributed by atoms with van der Waals surface area (Å²) < 4.78 is 0. The Morgan fingerprint density at radius 2 is 1.73 bits per heavy atom. The molecule has 0 aliphatic carbocycles. The van der Waals surface area contributed by atoms with Crippen LogP contribution in [0.25, 0.3) is 0 Å². The second kappa shape index (κ2) is 8.14. The minimum atomic E-state index is -0.163. The molecule has 2 aromatic rings. The number of hydrogen-bond donors (Lipinski definition) is 1. The van der Waals surface area contributed by atoms with E-state index in [1.807, 2.05) is 23.1 Å². The number of benzene rings is 1. The van der Waals surface area contributed by atoms with E-state index in [-0.39, 0.29) is 18.2 Å². The Morgan fingerprint density at radius 3 is 2.31 bits per heavy atom. The Labute approximate surface area is 157 Å². The van der Waals surface area contributed by atoms with E-state index >= 15 is 0 Å². The van der Waals surface area contributed by atoms with Crippen LogP contribution in [0.3, 0.4) is 0 Å². The van der Waals surface area contributed by atoms with Crippen LogP contribution < -0.4 is 10.2 Å². The first kappa shape index (κ1) is 18.1. The average Bonchev–Trinajstić information content (AvgIpc) is 2.64. The van der Waals surface area contributed by atoms with Gasteiger partial charge in [0.25, 0.3) is 0 Å². The molecule has 2 heterocycles. The number of aromatic nitrogens is 2. The second-order valence-corrected chi connectivity index (χ2v) is 6.56. The van der Waals surface area contributed by atoms with Crippen molar-refractivity contribution in [2.24, 2.45) is 0 Å². The molecular weight excluding hydrogens is 354 g/mol. The summed E-state index contributed by atoms with van der Waals surface area (Å²) in [5.74, 6) is 1.08. The summed E-state index contributed by atoms with van der Waals surface area (Å²) >= 11 is 5.84. The molecule has 0 radical (unpaired) electrons. The first-order valence-corrected chi connectivity index (χ1v) is 8.77. The molecule has 1 aliphatic heterocycles. The molecule has 2 amide bonds. The standard InChI is InChI=1S/C18H20ClN5O2/c1-13(25)23-8-10-24(11-9-23)17-7-6-16(21-22-17)20-18(26)12-14-2-4-15(19)5-3-14/h2-7H,8-12H2,1H3,(H,20,21,26). The van der Waals surface area contributed by atoms with Crippen molar-refractivity contribution in [1.82, 2.24) is 15.1 Å². The Bertz CT molecular complexity index is 771. The molecule has 0 bridgehead atoms. The molecule has 1 saturated heterocycles. The maximum atomic E-state index is 12.1. The van der Waals surface area contributed by atoms with Gasteiger partial charge in [-0.15, -0.1) is 10.2 Å². The maximum Gasteiger partial charge on any atom is 0.229 e. The summed E-state index contributed by atoms with van der Waals surface area (Å²) in [5.41, 5.74) is 0.875. The molecular formula is C18H20ClN5O2. The molecule has 0 saturated carbocycles. The van der Waals surface area contributed by atoms with E-state index in [0.29, 0.717) is 23.9 Å². The summed E-state index contributed by atoms with van der Waals surface area (Å²) in [7, 11) is 0. The highest BCUT2D eigenvalue weighted by atomic mass is 35.5. The zero-order valence-corrected chi connectivity index (χ0v) is 15.2. The van der Waals surface area contributed by atoms with Crippen molar-refractivity contribution in [2.45, 2.75) is 13.3 Å². The zero-order valence-electron chi connectivity index (χ0n) is 14.5. The van der Waals surface area contributed by atoms with Crippen molar-refractivity contribution in [2.75, 3.05) is 36.4 Å². The fraction of sp³-hybridized carbons (Fsp3) is 0.333. The van der Waals surface area contributed by atoms with Gasteiger partial charge in [-0.25, -0.2) is 0 Å². The van der Waals surface area contributed by atoms with E-state index in [1.165, 1.54) is 0 Å². The number of nitrogens with one attached hydrogen (secondary N) is 1. The van der Waals surface area contributed by atoms with Gasteiger partial charge in [0.15, 0.2) is 11.6 Å². The summed E-state index contributed by atoms with van der Waals surface area (Å²) in [5, 5.41) is 11.6. The van der Waals surface area contributed by atoms with Gasteiger partial charge in [0.2, 0.25) is 11.8 Å². The van der Waals surface area contributed by atoms with Crippen molar-refractivity contribution in [3.05, 3.63) is 47.0 Å². The lowest BCUT2D eigenvalue weighted by Crippen LogP contribution is -2.48. The number of carbonyl (C=O) groups is 2. The first-order chi connectivity index (χ1) is 12.5. The molecule has 136 valence electrons. The van der Waals surface area contributed by atoms with Gasteiger partial charge in [-0.05, 0) is 29.8 Å². The number of amides is 2. The van der Waals surface area contributed by atoms with Gasteiger partial charge < -0.3 is 15.1 Å². The van der Waals surface area contributed by atoms with E-state index in [0.717, 1.165) is 24.5 Å². The Morgan fingerprint density at radius 1 is 1.04 bits per heavy atom. The van der Waals surface area contributed by atoms with Crippen LogP contribution in [-0.2, 0) is 16.0 Å². The second-order valence-electron chi connectivity index (χ2n) is 6.12. The van der Waals surface area contributed by atoms with Crippen LogP contribution in [0.2, 0.25) is 5.02 Å². The largest absolute Gasteiger partial charge is 0.352 e. The molecule has 1 aromatic carbocycles. The van der Waals surface area contributed by atoms with E-state index in [1.54, 1.807) is 25.1 Å². The highest BCUT2D eigenvalue weighted by Gasteiger charge is 2.19. The number of nitrogens with zero attached hydrogens (tertiary/aromatic N) is 4. The monoisotopic (exact) mass is 373 g/mol. The van der Waals surface area contributed by atoms with Crippen molar-refractivity contribution in [3.8, 4) is 0 Å². The van der Waals surface area contributed by atoms with Crippen molar-refractivity contribution < 1.29 is 9.59 Å².